The molecule has 0 aliphatic heterocycles. The fraction of sp³-hybridized carbons (Fsp3) is 0.500. The highest BCUT2D eigenvalue weighted by atomic mass is 35.5. The third kappa shape index (κ3) is 3.66. The molecule has 4 heteroatoms. The van der Waals surface area contributed by atoms with Crippen LogP contribution < -0.4 is 0 Å². The summed E-state index contributed by atoms with van der Waals surface area (Å²) in [5.41, 5.74) is 1.30. The summed E-state index contributed by atoms with van der Waals surface area (Å²) in [6, 6.07) is 5.01. The minimum absolute atomic E-state index is 0.256. The molecule has 0 saturated heterocycles. The van der Waals surface area contributed by atoms with E-state index >= 15 is 0 Å². The SMILES string of the molecule is O=C(O)c1ccc(CSC2CCCCC2)c(Cl)c1. The van der Waals surface area contributed by atoms with Crippen LogP contribution in [0, 0.1) is 0 Å². The average Bonchev–Trinajstić information content (AvgIpc) is 2.38. The summed E-state index contributed by atoms with van der Waals surface area (Å²) in [6.45, 7) is 0. The molecular formula is C14H17ClO2S. The first kappa shape index (κ1) is 13.8. The summed E-state index contributed by atoms with van der Waals surface area (Å²) in [4.78, 5) is 10.8. The van der Waals surface area contributed by atoms with Crippen LogP contribution in [0.15, 0.2) is 18.2 Å². The largest absolute Gasteiger partial charge is 0.478 e. The topological polar surface area (TPSA) is 37.3 Å². The van der Waals surface area contributed by atoms with E-state index in [0.29, 0.717) is 5.02 Å². The Bertz CT molecular complexity index is 428. The molecule has 1 N–H and O–H groups in total. The lowest BCUT2D eigenvalue weighted by atomic mass is 10.0. The van der Waals surface area contributed by atoms with Gasteiger partial charge in [-0.2, -0.15) is 11.8 Å². The van der Waals surface area contributed by atoms with Crippen molar-refractivity contribution in [1.29, 1.82) is 0 Å². The fourth-order valence-corrected chi connectivity index (χ4v) is 3.90. The van der Waals surface area contributed by atoms with Crippen LogP contribution in [-0.4, -0.2) is 16.3 Å². The van der Waals surface area contributed by atoms with Crippen LogP contribution in [-0.2, 0) is 5.75 Å². The van der Waals surface area contributed by atoms with E-state index in [1.54, 1.807) is 12.1 Å². The molecule has 0 spiro atoms. The van der Waals surface area contributed by atoms with Crippen molar-refractivity contribution in [2.24, 2.45) is 0 Å². The van der Waals surface area contributed by atoms with Gasteiger partial charge in [0.15, 0.2) is 0 Å². The van der Waals surface area contributed by atoms with Gasteiger partial charge in [0.25, 0.3) is 0 Å². The number of hydrogen-bond donors (Lipinski definition) is 1. The second kappa shape index (κ2) is 6.48. The van der Waals surface area contributed by atoms with Gasteiger partial charge < -0.3 is 5.11 Å². The van der Waals surface area contributed by atoms with Crippen LogP contribution in [0.1, 0.15) is 48.0 Å². The molecule has 2 nitrogen and oxygen atoms in total. The average molecular weight is 285 g/mol. The molecule has 0 unspecified atom stereocenters. The van der Waals surface area contributed by atoms with Crippen molar-refractivity contribution >= 4 is 29.3 Å². The maximum Gasteiger partial charge on any atom is 0.335 e. The maximum absolute atomic E-state index is 10.8. The number of carboxylic acids is 1. The van der Waals surface area contributed by atoms with Gasteiger partial charge in [0, 0.05) is 16.0 Å². The number of benzene rings is 1. The first-order valence-corrected chi connectivity index (χ1v) is 7.73. The fourth-order valence-electron chi connectivity index (χ4n) is 2.24. The molecule has 0 aromatic heterocycles. The first-order valence-electron chi connectivity index (χ1n) is 6.30. The molecule has 0 radical (unpaired) electrons. The highest BCUT2D eigenvalue weighted by molar-refractivity contribution is 7.99. The zero-order valence-electron chi connectivity index (χ0n) is 10.2. The zero-order valence-corrected chi connectivity index (χ0v) is 11.8. The summed E-state index contributed by atoms with van der Waals surface area (Å²) < 4.78 is 0. The van der Waals surface area contributed by atoms with Gasteiger partial charge in [-0.05, 0) is 30.5 Å². The number of halogens is 1. The Labute approximate surface area is 117 Å². The lowest BCUT2D eigenvalue weighted by Crippen LogP contribution is -2.08. The molecule has 1 aliphatic carbocycles. The Morgan fingerprint density at radius 2 is 2.06 bits per heavy atom. The van der Waals surface area contributed by atoms with Gasteiger partial charge in [0.2, 0.25) is 0 Å². The maximum atomic E-state index is 10.8. The Morgan fingerprint density at radius 3 is 2.67 bits per heavy atom. The van der Waals surface area contributed by atoms with Gasteiger partial charge in [-0.3, -0.25) is 0 Å². The third-order valence-electron chi connectivity index (χ3n) is 3.33. The van der Waals surface area contributed by atoms with Gasteiger partial charge >= 0.3 is 5.97 Å². The van der Waals surface area contributed by atoms with E-state index in [1.165, 1.54) is 32.1 Å². The quantitative estimate of drug-likeness (QED) is 0.878. The van der Waals surface area contributed by atoms with Gasteiger partial charge in [-0.1, -0.05) is 36.9 Å². The van der Waals surface area contributed by atoms with E-state index in [0.717, 1.165) is 16.6 Å². The number of carboxylic acid groups (broad SMARTS) is 1. The highest BCUT2D eigenvalue weighted by Gasteiger charge is 2.14. The van der Waals surface area contributed by atoms with Crippen molar-refractivity contribution in [1.82, 2.24) is 0 Å². The first-order chi connectivity index (χ1) is 8.66. The summed E-state index contributed by atoms with van der Waals surface area (Å²) in [5, 5.41) is 10.2. The summed E-state index contributed by atoms with van der Waals surface area (Å²) in [7, 11) is 0. The second-order valence-electron chi connectivity index (χ2n) is 4.68. The van der Waals surface area contributed by atoms with Crippen LogP contribution in [0.5, 0.6) is 0 Å². The van der Waals surface area contributed by atoms with Crippen molar-refractivity contribution in [3.63, 3.8) is 0 Å². The normalized spacial score (nSPS) is 16.7. The van der Waals surface area contributed by atoms with Crippen molar-refractivity contribution in [2.45, 2.75) is 43.1 Å². The molecule has 0 bridgehead atoms. The van der Waals surface area contributed by atoms with Crippen molar-refractivity contribution < 1.29 is 9.90 Å². The highest BCUT2D eigenvalue weighted by Crippen LogP contribution is 2.32. The van der Waals surface area contributed by atoms with E-state index < -0.39 is 5.97 Å². The van der Waals surface area contributed by atoms with Crippen LogP contribution >= 0.6 is 23.4 Å². The molecule has 2 rings (SSSR count). The lowest BCUT2D eigenvalue weighted by molar-refractivity contribution is 0.0697. The van der Waals surface area contributed by atoms with Crippen molar-refractivity contribution in [3.05, 3.63) is 34.3 Å². The molecule has 1 aliphatic rings. The number of rotatable bonds is 4. The van der Waals surface area contributed by atoms with Gasteiger partial charge in [0.1, 0.15) is 0 Å². The van der Waals surface area contributed by atoms with E-state index in [2.05, 4.69) is 0 Å². The standard InChI is InChI=1S/C14H17ClO2S/c15-13-8-10(14(16)17)6-7-11(13)9-18-12-4-2-1-3-5-12/h6-8,12H,1-5,9H2,(H,16,17). The van der Waals surface area contributed by atoms with Gasteiger partial charge in [-0.25, -0.2) is 4.79 Å². The number of hydrogen-bond acceptors (Lipinski definition) is 2. The zero-order chi connectivity index (χ0) is 13.0. The Balaban J connectivity index is 1.94. The molecule has 1 aromatic carbocycles. The Kier molecular flexibility index (Phi) is 4.95. The van der Waals surface area contributed by atoms with Crippen molar-refractivity contribution in [3.8, 4) is 0 Å². The molecule has 18 heavy (non-hydrogen) atoms. The smallest absolute Gasteiger partial charge is 0.335 e. The Hall–Kier alpha value is -0.670. The van der Waals surface area contributed by atoms with E-state index in [1.807, 2.05) is 17.8 Å². The number of thioether (sulfide) groups is 1. The van der Waals surface area contributed by atoms with Crippen LogP contribution in [0.25, 0.3) is 0 Å². The summed E-state index contributed by atoms with van der Waals surface area (Å²) in [6.07, 6.45) is 6.64. The summed E-state index contributed by atoms with van der Waals surface area (Å²) in [5.74, 6) is -0.0491. The number of carbonyl (C=O) groups is 1. The van der Waals surface area contributed by atoms with E-state index in [9.17, 15) is 4.79 Å². The third-order valence-corrected chi connectivity index (χ3v) is 5.10. The molecule has 0 heterocycles. The van der Waals surface area contributed by atoms with Crippen LogP contribution in [0.3, 0.4) is 0 Å². The van der Waals surface area contributed by atoms with Crippen LogP contribution in [0.2, 0.25) is 5.02 Å². The van der Waals surface area contributed by atoms with Crippen molar-refractivity contribution in [2.75, 3.05) is 0 Å². The minimum atomic E-state index is -0.927. The van der Waals surface area contributed by atoms with Crippen LogP contribution in [0.4, 0.5) is 0 Å². The second-order valence-corrected chi connectivity index (χ2v) is 6.38. The minimum Gasteiger partial charge on any atom is -0.478 e. The van der Waals surface area contributed by atoms with Gasteiger partial charge in [0.05, 0.1) is 5.56 Å². The predicted octanol–water partition coefficient (Wildman–Crippen LogP) is 4.60. The van der Waals surface area contributed by atoms with E-state index in [-0.39, 0.29) is 5.56 Å². The molecule has 0 amide bonds. The molecule has 98 valence electrons. The van der Waals surface area contributed by atoms with E-state index in [4.69, 9.17) is 16.7 Å². The van der Waals surface area contributed by atoms with Gasteiger partial charge in [-0.15, -0.1) is 0 Å². The molecule has 0 atom stereocenters. The molecule has 1 saturated carbocycles. The monoisotopic (exact) mass is 284 g/mol. The molecule has 1 fully saturated rings. The molecule has 1 aromatic rings. The summed E-state index contributed by atoms with van der Waals surface area (Å²) >= 11 is 8.06. The predicted molar refractivity (Wildman–Crippen MR) is 76.6 cm³/mol. The molecular weight excluding hydrogens is 268 g/mol. The number of aromatic carboxylic acids is 1. The lowest BCUT2D eigenvalue weighted by Gasteiger charge is -2.21. The Morgan fingerprint density at radius 1 is 1.33 bits per heavy atom.